The lowest BCUT2D eigenvalue weighted by Gasteiger charge is -2.32. The van der Waals surface area contributed by atoms with Crippen LogP contribution in [0.15, 0.2) is 18.2 Å². The van der Waals surface area contributed by atoms with Crippen LogP contribution in [0, 0.1) is 25.2 Å². The van der Waals surface area contributed by atoms with E-state index in [9.17, 15) is 4.79 Å². The maximum atomic E-state index is 12.8. The van der Waals surface area contributed by atoms with Gasteiger partial charge in [-0.15, -0.1) is 0 Å². The van der Waals surface area contributed by atoms with Crippen LogP contribution in [-0.4, -0.2) is 19.0 Å². The standard InChI is InChI=1S/C18H28N2O/c1-12(2)18(8-9-19-11-18)17(21)20-15(5)16-7-6-13(3)10-14(16)4/h6-7,10,12,15,19H,8-9,11H2,1-5H3,(H,20,21). The molecule has 2 rings (SSSR count). The van der Waals surface area contributed by atoms with E-state index >= 15 is 0 Å². The molecule has 0 bridgehead atoms. The van der Waals surface area contributed by atoms with Crippen molar-refractivity contribution in [2.45, 2.75) is 47.1 Å². The third-order valence-electron chi connectivity index (χ3n) is 4.99. The highest BCUT2D eigenvalue weighted by atomic mass is 16.2. The lowest BCUT2D eigenvalue weighted by molar-refractivity contribution is -0.133. The SMILES string of the molecule is Cc1ccc(C(C)NC(=O)C2(C(C)C)CCNC2)c(C)c1. The molecular weight excluding hydrogens is 260 g/mol. The molecule has 1 aromatic rings. The van der Waals surface area contributed by atoms with E-state index in [2.05, 4.69) is 63.5 Å². The van der Waals surface area contributed by atoms with Gasteiger partial charge in [-0.3, -0.25) is 4.79 Å². The summed E-state index contributed by atoms with van der Waals surface area (Å²) in [5.74, 6) is 0.536. The highest BCUT2D eigenvalue weighted by molar-refractivity contribution is 5.84. The molecule has 0 aromatic heterocycles. The molecule has 21 heavy (non-hydrogen) atoms. The zero-order valence-electron chi connectivity index (χ0n) is 13.9. The van der Waals surface area contributed by atoms with Crippen LogP contribution in [-0.2, 0) is 4.79 Å². The first-order valence-corrected chi connectivity index (χ1v) is 7.95. The molecule has 1 aromatic carbocycles. The van der Waals surface area contributed by atoms with Crippen molar-refractivity contribution >= 4 is 5.91 Å². The van der Waals surface area contributed by atoms with E-state index in [1.807, 2.05) is 0 Å². The van der Waals surface area contributed by atoms with Crippen LogP contribution in [0.2, 0.25) is 0 Å². The van der Waals surface area contributed by atoms with Gasteiger partial charge in [0, 0.05) is 6.54 Å². The van der Waals surface area contributed by atoms with Crippen LogP contribution in [0.4, 0.5) is 0 Å². The smallest absolute Gasteiger partial charge is 0.228 e. The van der Waals surface area contributed by atoms with Crippen molar-refractivity contribution in [2.75, 3.05) is 13.1 Å². The largest absolute Gasteiger partial charge is 0.349 e. The van der Waals surface area contributed by atoms with Crippen LogP contribution in [0.3, 0.4) is 0 Å². The number of hydrogen-bond acceptors (Lipinski definition) is 2. The molecule has 0 saturated carbocycles. The Hall–Kier alpha value is -1.35. The first kappa shape index (κ1) is 16.0. The summed E-state index contributed by atoms with van der Waals surface area (Å²) in [5.41, 5.74) is 3.45. The first-order valence-electron chi connectivity index (χ1n) is 7.95. The second-order valence-electron chi connectivity index (χ2n) is 6.79. The molecule has 0 radical (unpaired) electrons. The van der Waals surface area contributed by atoms with E-state index in [1.54, 1.807) is 0 Å². The van der Waals surface area contributed by atoms with Gasteiger partial charge in [0.1, 0.15) is 0 Å². The third kappa shape index (κ3) is 3.13. The molecule has 1 heterocycles. The quantitative estimate of drug-likeness (QED) is 0.894. The van der Waals surface area contributed by atoms with E-state index in [1.165, 1.54) is 16.7 Å². The number of hydrogen-bond donors (Lipinski definition) is 2. The summed E-state index contributed by atoms with van der Waals surface area (Å²) < 4.78 is 0. The van der Waals surface area contributed by atoms with E-state index in [0.29, 0.717) is 5.92 Å². The molecule has 3 heteroatoms. The molecule has 116 valence electrons. The highest BCUT2D eigenvalue weighted by Gasteiger charge is 2.44. The molecule has 2 N–H and O–H groups in total. The van der Waals surface area contributed by atoms with Crippen molar-refractivity contribution in [2.24, 2.45) is 11.3 Å². The number of nitrogens with one attached hydrogen (secondary N) is 2. The monoisotopic (exact) mass is 288 g/mol. The van der Waals surface area contributed by atoms with Gasteiger partial charge in [0.15, 0.2) is 0 Å². The topological polar surface area (TPSA) is 41.1 Å². The highest BCUT2D eigenvalue weighted by Crippen LogP contribution is 2.35. The van der Waals surface area contributed by atoms with Gasteiger partial charge in [-0.1, -0.05) is 37.6 Å². The number of carbonyl (C=O) groups excluding carboxylic acids is 1. The Morgan fingerprint density at radius 2 is 2.00 bits per heavy atom. The van der Waals surface area contributed by atoms with Crippen LogP contribution in [0.25, 0.3) is 0 Å². The van der Waals surface area contributed by atoms with Gasteiger partial charge in [0.25, 0.3) is 0 Å². The summed E-state index contributed by atoms with van der Waals surface area (Å²) in [4.78, 5) is 12.8. The average Bonchev–Trinajstić information content (AvgIpc) is 2.88. The molecule has 1 aliphatic heterocycles. The minimum absolute atomic E-state index is 0.0503. The molecule has 0 aliphatic carbocycles. The van der Waals surface area contributed by atoms with Crippen LogP contribution in [0.5, 0.6) is 0 Å². The van der Waals surface area contributed by atoms with Gasteiger partial charge in [-0.05, 0) is 50.8 Å². The number of aryl methyl sites for hydroxylation is 2. The molecule has 1 aliphatic rings. The fourth-order valence-electron chi connectivity index (χ4n) is 3.39. The van der Waals surface area contributed by atoms with E-state index in [0.717, 1.165) is 19.5 Å². The van der Waals surface area contributed by atoms with Gasteiger partial charge in [0.2, 0.25) is 5.91 Å². The van der Waals surface area contributed by atoms with Crippen LogP contribution in [0.1, 0.15) is 49.9 Å². The van der Waals surface area contributed by atoms with Gasteiger partial charge in [-0.25, -0.2) is 0 Å². The predicted octanol–water partition coefficient (Wildman–Crippen LogP) is 3.12. The minimum Gasteiger partial charge on any atom is -0.349 e. The Balaban J connectivity index is 2.15. The Morgan fingerprint density at radius 3 is 2.52 bits per heavy atom. The van der Waals surface area contributed by atoms with Gasteiger partial charge >= 0.3 is 0 Å². The van der Waals surface area contributed by atoms with Crippen molar-refractivity contribution in [1.82, 2.24) is 10.6 Å². The van der Waals surface area contributed by atoms with Gasteiger partial charge in [-0.2, -0.15) is 0 Å². The van der Waals surface area contributed by atoms with Crippen molar-refractivity contribution in [3.8, 4) is 0 Å². The maximum Gasteiger partial charge on any atom is 0.228 e. The Morgan fingerprint density at radius 1 is 1.29 bits per heavy atom. The van der Waals surface area contributed by atoms with Gasteiger partial charge < -0.3 is 10.6 Å². The van der Waals surface area contributed by atoms with Crippen molar-refractivity contribution in [3.05, 3.63) is 34.9 Å². The van der Waals surface area contributed by atoms with E-state index in [4.69, 9.17) is 0 Å². The molecule has 1 amide bonds. The van der Waals surface area contributed by atoms with E-state index in [-0.39, 0.29) is 17.4 Å². The number of benzene rings is 1. The molecular formula is C18H28N2O. The van der Waals surface area contributed by atoms with Crippen molar-refractivity contribution in [1.29, 1.82) is 0 Å². The molecule has 3 nitrogen and oxygen atoms in total. The molecule has 2 unspecified atom stereocenters. The van der Waals surface area contributed by atoms with Gasteiger partial charge in [0.05, 0.1) is 11.5 Å². The number of carbonyl (C=O) groups is 1. The summed E-state index contributed by atoms with van der Waals surface area (Å²) in [6.45, 7) is 12.3. The summed E-state index contributed by atoms with van der Waals surface area (Å²) in [6, 6.07) is 6.47. The average molecular weight is 288 g/mol. The fraction of sp³-hybridized carbons (Fsp3) is 0.611. The molecule has 2 atom stereocenters. The predicted molar refractivity (Wildman–Crippen MR) is 87.2 cm³/mol. The third-order valence-corrected chi connectivity index (χ3v) is 4.99. The minimum atomic E-state index is -0.257. The first-order chi connectivity index (χ1) is 9.86. The Labute approximate surface area is 128 Å². The van der Waals surface area contributed by atoms with Crippen LogP contribution < -0.4 is 10.6 Å². The zero-order chi connectivity index (χ0) is 15.6. The second-order valence-corrected chi connectivity index (χ2v) is 6.79. The van der Waals surface area contributed by atoms with E-state index < -0.39 is 0 Å². The zero-order valence-corrected chi connectivity index (χ0v) is 13.9. The summed E-state index contributed by atoms with van der Waals surface area (Å²) in [7, 11) is 0. The summed E-state index contributed by atoms with van der Waals surface area (Å²) in [5, 5.41) is 6.59. The van der Waals surface area contributed by atoms with Crippen molar-refractivity contribution < 1.29 is 4.79 Å². The normalized spacial score (nSPS) is 23.3. The molecule has 0 spiro atoms. The van der Waals surface area contributed by atoms with Crippen molar-refractivity contribution in [3.63, 3.8) is 0 Å². The maximum absolute atomic E-state index is 12.8. The fourth-order valence-corrected chi connectivity index (χ4v) is 3.39. The summed E-state index contributed by atoms with van der Waals surface area (Å²) in [6.07, 6.45) is 0.927. The lowest BCUT2D eigenvalue weighted by atomic mass is 9.75. The second kappa shape index (κ2) is 6.18. The molecule has 1 fully saturated rings. The van der Waals surface area contributed by atoms with Crippen LogP contribution >= 0.6 is 0 Å². The Kier molecular flexibility index (Phi) is 4.72. The molecule has 1 saturated heterocycles. The number of rotatable bonds is 4. The summed E-state index contributed by atoms with van der Waals surface area (Å²) >= 11 is 0. The Bertz CT molecular complexity index is 516. The lowest BCUT2D eigenvalue weighted by Crippen LogP contribution is -2.46. The number of amides is 1.